The molecular weight excluding hydrogens is 294 g/mol. The normalized spacial score (nSPS) is 22.9. The van der Waals surface area contributed by atoms with Crippen LogP contribution in [0.25, 0.3) is 0 Å². The van der Waals surface area contributed by atoms with Crippen LogP contribution in [0.2, 0.25) is 0 Å². The van der Waals surface area contributed by atoms with E-state index >= 15 is 0 Å². The molecule has 2 aliphatic heterocycles. The van der Waals surface area contributed by atoms with Crippen LogP contribution in [0.5, 0.6) is 0 Å². The molecule has 2 saturated heterocycles. The molecule has 0 aliphatic carbocycles. The summed E-state index contributed by atoms with van der Waals surface area (Å²) in [6, 6.07) is 0. The van der Waals surface area contributed by atoms with Crippen LogP contribution < -0.4 is 15.5 Å². The van der Waals surface area contributed by atoms with E-state index in [4.69, 9.17) is 4.52 Å². The molecule has 1 aromatic rings. The van der Waals surface area contributed by atoms with Gasteiger partial charge in [0, 0.05) is 30.8 Å². The summed E-state index contributed by atoms with van der Waals surface area (Å²) in [6.45, 7) is 4.54. The molecule has 1 amide bonds. The zero-order valence-electron chi connectivity index (χ0n) is 12.0. The number of carbonyl (C=O) groups excluding carboxylic acids is 1. The molecule has 1 aromatic heterocycles. The van der Waals surface area contributed by atoms with Gasteiger partial charge in [0.25, 0.3) is 0 Å². The molecule has 7 nitrogen and oxygen atoms in total. The summed E-state index contributed by atoms with van der Waals surface area (Å²) in [6.07, 6.45) is 4.50. The fraction of sp³-hybridized carbons (Fsp3) is 0.769. The van der Waals surface area contributed by atoms with E-state index in [2.05, 4.69) is 25.9 Å². The van der Waals surface area contributed by atoms with E-state index in [-0.39, 0.29) is 24.2 Å². The minimum Gasteiger partial charge on any atom is -0.356 e. The van der Waals surface area contributed by atoms with Crippen LogP contribution in [0.3, 0.4) is 0 Å². The Balaban J connectivity index is 0.00000161. The standard InChI is InChI=1S/C13H21N5O2.ClH/c19-13(15-8-10-1-4-14-7-10)11-2-5-18(6-3-11)12-9-16-17-20-12;/h9-11,14H,1-8H2,(H,15,19);1H. The maximum atomic E-state index is 12.1. The number of nitrogens with one attached hydrogen (secondary N) is 2. The van der Waals surface area contributed by atoms with Gasteiger partial charge in [0.15, 0.2) is 0 Å². The van der Waals surface area contributed by atoms with E-state index in [0.29, 0.717) is 11.8 Å². The van der Waals surface area contributed by atoms with E-state index in [9.17, 15) is 4.79 Å². The predicted octanol–water partition coefficient (Wildman–Crippen LogP) is 0.433. The summed E-state index contributed by atoms with van der Waals surface area (Å²) >= 11 is 0. The lowest BCUT2D eigenvalue weighted by Gasteiger charge is -2.30. The Bertz CT molecular complexity index is 428. The van der Waals surface area contributed by atoms with Crippen LogP contribution in [-0.4, -0.2) is 49.0 Å². The first kappa shape index (κ1) is 16.0. The predicted molar refractivity (Wildman–Crippen MR) is 80.5 cm³/mol. The Morgan fingerprint density at radius 3 is 2.86 bits per heavy atom. The Morgan fingerprint density at radius 1 is 1.43 bits per heavy atom. The molecule has 2 aliphatic rings. The number of hydrogen-bond acceptors (Lipinski definition) is 6. The maximum Gasteiger partial charge on any atom is 0.247 e. The van der Waals surface area contributed by atoms with Gasteiger partial charge in [-0.25, -0.2) is 0 Å². The van der Waals surface area contributed by atoms with Crippen LogP contribution in [0.4, 0.5) is 5.88 Å². The molecule has 0 radical (unpaired) electrons. The second-order valence-corrected chi connectivity index (χ2v) is 5.62. The van der Waals surface area contributed by atoms with Crippen molar-refractivity contribution in [2.45, 2.75) is 19.3 Å². The number of aromatic nitrogens is 2. The van der Waals surface area contributed by atoms with Crippen LogP contribution in [0, 0.1) is 11.8 Å². The highest BCUT2D eigenvalue weighted by atomic mass is 35.5. The van der Waals surface area contributed by atoms with Crippen molar-refractivity contribution in [3.63, 3.8) is 0 Å². The topological polar surface area (TPSA) is 83.3 Å². The third-order valence-electron chi connectivity index (χ3n) is 4.25. The van der Waals surface area contributed by atoms with Crippen molar-refractivity contribution in [2.24, 2.45) is 11.8 Å². The van der Waals surface area contributed by atoms with Crippen LogP contribution in [0.15, 0.2) is 10.7 Å². The van der Waals surface area contributed by atoms with Crippen LogP contribution in [-0.2, 0) is 4.79 Å². The summed E-state index contributed by atoms with van der Waals surface area (Å²) in [5.74, 6) is 1.61. The van der Waals surface area contributed by atoms with Gasteiger partial charge in [-0.1, -0.05) is 0 Å². The fourth-order valence-electron chi connectivity index (χ4n) is 2.94. The van der Waals surface area contributed by atoms with E-state index in [0.717, 1.165) is 52.0 Å². The molecule has 3 heterocycles. The molecule has 0 bridgehead atoms. The van der Waals surface area contributed by atoms with E-state index < -0.39 is 0 Å². The van der Waals surface area contributed by atoms with Crippen molar-refractivity contribution in [2.75, 3.05) is 37.6 Å². The minimum absolute atomic E-state index is 0. The van der Waals surface area contributed by atoms with Gasteiger partial charge in [0.2, 0.25) is 11.8 Å². The second kappa shape index (κ2) is 7.61. The van der Waals surface area contributed by atoms with Crippen molar-refractivity contribution < 1.29 is 9.32 Å². The number of nitrogens with zero attached hydrogens (tertiary/aromatic N) is 3. The molecular formula is C13H22ClN5O2. The maximum absolute atomic E-state index is 12.1. The number of rotatable bonds is 4. The number of hydrogen-bond donors (Lipinski definition) is 2. The highest BCUT2D eigenvalue weighted by molar-refractivity contribution is 5.85. The highest BCUT2D eigenvalue weighted by Crippen LogP contribution is 2.22. The van der Waals surface area contributed by atoms with Gasteiger partial charge in [-0.15, -0.1) is 17.5 Å². The molecule has 1 unspecified atom stereocenters. The molecule has 2 fully saturated rings. The van der Waals surface area contributed by atoms with Gasteiger partial charge in [0.1, 0.15) is 6.20 Å². The Morgan fingerprint density at radius 2 is 2.24 bits per heavy atom. The number of amides is 1. The third-order valence-corrected chi connectivity index (χ3v) is 4.25. The van der Waals surface area contributed by atoms with Gasteiger partial charge in [-0.3, -0.25) is 4.79 Å². The lowest BCUT2D eigenvalue weighted by atomic mass is 9.95. The van der Waals surface area contributed by atoms with Gasteiger partial charge in [-0.05, 0) is 38.3 Å². The van der Waals surface area contributed by atoms with Crippen molar-refractivity contribution in [3.05, 3.63) is 6.20 Å². The Hall–Kier alpha value is -1.34. The SMILES string of the molecule is Cl.O=C(NCC1CCNC1)C1CCN(c2cnno2)CC1. The molecule has 1 atom stereocenters. The summed E-state index contributed by atoms with van der Waals surface area (Å²) in [4.78, 5) is 14.2. The molecule has 3 rings (SSSR count). The van der Waals surface area contributed by atoms with Crippen LogP contribution >= 0.6 is 12.4 Å². The molecule has 0 saturated carbocycles. The van der Waals surface area contributed by atoms with Crippen molar-refractivity contribution in [1.82, 2.24) is 21.0 Å². The first-order chi connectivity index (χ1) is 9.83. The van der Waals surface area contributed by atoms with Gasteiger partial charge < -0.3 is 20.1 Å². The lowest BCUT2D eigenvalue weighted by molar-refractivity contribution is -0.125. The summed E-state index contributed by atoms with van der Waals surface area (Å²) in [5.41, 5.74) is 0. The van der Waals surface area contributed by atoms with Crippen molar-refractivity contribution in [3.8, 4) is 0 Å². The molecule has 21 heavy (non-hydrogen) atoms. The fourth-order valence-corrected chi connectivity index (χ4v) is 2.94. The van der Waals surface area contributed by atoms with Gasteiger partial charge in [0.05, 0.1) is 0 Å². The number of carbonyl (C=O) groups is 1. The second-order valence-electron chi connectivity index (χ2n) is 5.62. The van der Waals surface area contributed by atoms with E-state index in [1.54, 1.807) is 6.20 Å². The lowest BCUT2D eigenvalue weighted by Crippen LogP contribution is -2.41. The average Bonchev–Trinajstić information content (AvgIpc) is 3.18. The summed E-state index contributed by atoms with van der Waals surface area (Å²) in [5, 5.41) is 13.6. The van der Waals surface area contributed by atoms with E-state index in [1.165, 1.54) is 0 Å². The molecule has 118 valence electrons. The first-order valence-corrected chi connectivity index (χ1v) is 7.33. The van der Waals surface area contributed by atoms with E-state index in [1.807, 2.05) is 0 Å². The molecule has 0 aromatic carbocycles. The average molecular weight is 316 g/mol. The monoisotopic (exact) mass is 315 g/mol. The summed E-state index contributed by atoms with van der Waals surface area (Å²) in [7, 11) is 0. The smallest absolute Gasteiger partial charge is 0.247 e. The quantitative estimate of drug-likeness (QED) is 0.838. The molecule has 8 heteroatoms. The van der Waals surface area contributed by atoms with Crippen molar-refractivity contribution in [1.29, 1.82) is 0 Å². The molecule has 2 N–H and O–H groups in total. The number of halogens is 1. The zero-order chi connectivity index (χ0) is 13.8. The number of anilines is 1. The van der Waals surface area contributed by atoms with Gasteiger partial charge >= 0.3 is 0 Å². The first-order valence-electron chi connectivity index (χ1n) is 7.33. The Kier molecular flexibility index (Phi) is 5.81. The van der Waals surface area contributed by atoms with Crippen molar-refractivity contribution >= 4 is 24.2 Å². The van der Waals surface area contributed by atoms with Gasteiger partial charge in [-0.2, -0.15) is 0 Å². The highest BCUT2D eigenvalue weighted by Gasteiger charge is 2.27. The number of piperidine rings is 1. The van der Waals surface area contributed by atoms with Crippen LogP contribution in [0.1, 0.15) is 19.3 Å². The zero-order valence-corrected chi connectivity index (χ0v) is 12.8. The third kappa shape index (κ3) is 4.07. The summed E-state index contributed by atoms with van der Waals surface area (Å²) < 4.78 is 5.04. The largest absolute Gasteiger partial charge is 0.356 e. The Labute approximate surface area is 130 Å². The molecule has 0 spiro atoms. The minimum atomic E-state index is 0.